The fourth-order valence-electron chi connectivity index (χ4n) is 3.29. The van der Waals surface area contributed by atoms with Gasteiger partial charge in [0.1, 0.15) is 6.54 Å². The fourth-order valence-corrected chi connectivity index (χ4v) is 3.29. The summed E-state index contributed by atoms with van der Waals surface area (Å²) in [6.07, 6.45) is 0. The lowest BCUT2D eigenvalue weighted by atomic mass is 9.87. The van der Waals surface area contributed by atoms with Crippen LogP contribution < -0.4 is 5.43 Å². The third-order valence-corrected chi connectivity index (χ3v) is 5.40. The number of rotatable bonds is 3. The van der Waals surface area contributed by atoms with Gasteiger partial charge in [-0.25, -0.2) is 0 Å². The number of nitrogens with zero attached hydrogens (tertiary/aromatic N) is 2. The van der Waals surface area contributed by atoms with Crippen LogP contribution in [0.2, 0.25) is 0 Å². The highest BCUT2D eigenvalue weighted by molar-refractivity contribution is 5.94. The van der Waals surface area contributed by atoms with Crippen molar-refractivity contribution < 1.29 is 4.79 Å². The van der Waals surface area contributed by atoms with Gasteiger partial charge in [-0.3, -0.25) is 9.59 Å². The summed E-state index contributed by atoms with van der Waals surface area (Å²) in [5.41, 5.74) is 1.59. The van der Waals surface area contributed by atoms with Crippen LogP contribution in [0.25, 0.3) is 21.8 Å². The summed E-state index contributed by atoms with van der Waals surface area (Å²) in [5, 5.41) is 1.29. The van der Waals surface area contributed by atoms with Crippen molar-refractivity contribution in [2.24, 2.45) is 5.41 Å². The number of likely N-dealkylation sites (N-methyl/N-ethyl adjacent to an activating group) is 1. The van der Waals surface area contributed by atoms with Crippen LogP contribution in [0, 0.1) is 5.41 Å². The number of hydrogen-bond donors (Lipinski definition) is 0. The Hall–Kier alpha value is -2.62. The third kappa shape index (κ3) is 3.12. The molecule has 1 amide bonds. The van der Waals surface area contributed by atoms with Gasteiger partial charge in [-0.15, -0.1) is 0 Å². The Labute approximate surface area is 154 Å². The third-order valence-electron chi connectivity index (χ3n) is 5.40. The monoisotopic (exact) mass is 350 g/mol. The number of carbonyl (C=O) groups is 1. The highest BCUT2D eigenvalue weighted by Gasteiger charge is 2.27. The van der Waals surface area contributed by atoms with Crippen molar-refractivity contribution in [2.45, 2.75) is 40.3 Å². The van der Waals surface area contributed by atoms with E-state index in [1.54, 1.807) is 0 Å². The summed E-state index contributed by atoms with van der Waals surface area (Å²) >= 11 is 0. The zero-order valence-corrected chi connectivity index (χ0v) is 16.1. The molecule has 3 rings (SSSR count). The molecule has 4 nitrogen and oxygen atoms in total. The zero-order valence-electron chi connectivity index (χ0n) is 16.1. The van der Waals surface area contributed by atoms with E-state index in [1.165, 1.54) is 0 Å². The van der Waals surface area contributed by atoms with Crippen molar-refractivity contribution in [2.75, 3.05) is 7.05 Å². The number of fused-ring (bicyclic) bond motifs is 2. The molecule has 0 fully saturated rings. The molecule has 0 spiro atoms. The molecule has 136 valence electrons. The number of amides is 1. The topological polar surface area (TPSA) is 42.3 Å². The highest BCUT2D eigenvalue weighted by atomic mass is 16.2. The van der Waals surface area contributed by atoms with Gasteiger partial charge in [-0.1, -0.05) is 45.0 Å². The lowest BCUT2D eigenvalue weighted by Crippen LogP contribution is -2.44. The van der Waals surface area contributed by atoms with E-state index in [0.717, 1.165) is 11.0 Å². The molecule has 0 bridgehead atoms. The maximum absolute atomic E-state index is 13.0. The van der Waals surface area contributed by atoms with Gasteiger partial charge in [-0.2, -0.15) is 0 Å². The standard InChI is InChI=1S/C22H26N2O2/c1-15(22(2,3)4)23(5)20(25)14-24-18-12-8-6-10-16(18)21(26)17-11-7-9-13-19(17)24/h6-13,15H,14H2,1-5H3/t15-/m0/s1. The number of hydrogen-bond acceptors (Lipinski definition) is 2. The van der Waals surface area contributed by atoms with Gasteiger partial charge in [0.25, 0.3) is 0 Å². The lowest BCUT2D eigenvalue weighted by molar-refractivity contribution is -0.134. The largest absolute Gasteiger partial charge is 0.341 e. The van der Waals surface area contributed by atoms with E-state index in [9.17, 15) is 9.59 Å². The normalized spacial score (nSPS) is 13.1. The van der Waals surface area contributed by atoms with Crippen LogP contribution in [0.15, 0.2) is 53.3 Å². The van der Waals surface area contributed by atoms with Crippen molar-refractivity contribution >= 4 is 27.7 Å². The lowest BCUT2D eigenvalue weighted by Gasteiger charge is -2.35. The molecule has 2 aromatic carbocycles. The smallest absolute Gasteiger partial charge is 0.242 e. The first-order valence-corrected chi connectivity index (χ1v) is 8.97. The fraction of sp³-hybridized carbons (Fsp3) is 0.364. The number of pyridine rings is 1. The zero-order chi connectivity index (χ0) is 19.1. The Balaban J connectivity index is 2.14. The molecular weight excluding hydrogens is 324 g/mol. The van der Waals surface area contributed by atoms with Gasteiger partial charge in [0.2, 0.25) is 5.91 Å². The van der Waals surface area contributed by atoms with Gasteiger partial charge >= 0.3 is 0 Å². The average molecular weight is 350 g/mol. The molecule has 0 unspecified atom stereocenters. The molecule has 1 aromatic heterocycles. The Morgan fingerprint density at radius 3 is 1.92 bits per heavy atom. The van der Waals surface area contributed by atoms with Gasteiger partial charge < -0.3 is 9.47 Å². The van der Waals surface area contributed by atoms with E-state index < -0.39 is 0 Å². The molecule has 0 aliphatic rings. The summed E-state index contributed by atoms with van der Waals surface area (Å²) in [6.45, 7) is 8.67. The molecule has 26 heavy (non-hydrogen) atoms. The number of benzene rings is 2. The quantitative estimate of drug-likeness (QED) is 0.669. The summed E-state index contributed by atoms with van der Waals surface area (Å²) in [5.74, 6) is 0.0337. The molecule has 0 N–H and O–H groups in total. The van der Waals surface area contributed by atoms with Crippen LogP contribution in [0.1, 0.15) is 27.7 Å². The predicted molar refractivity (Wildman–Crippen MR) is 107 cm³/mol. The van der Waals surface area contributed by atoms with Crippen molar-refractivity contribution in [1.29, 1.82) is 0 Å². The molecular formula is C22H26N2O2. The first kappa shape index (κ1) is 18.2. The summed E-state index contributed by atoms with van der Waals surface area (Å²) in [6, 6.07) is 15.1. The minimum absolute atomic E-state index is 0.00190. The Kier molecular flexibility index (Phi) is 4.61. The molecule has 0 saturated heterocycles. The Morgan fingerprint density at radius 2 is 1.46 bits per heavy atom. The van der Waals surface area contributed by atoms with Crippen molar-refractivity contribution in [3.8, 4) is 0 Å². The van der Waals surface area contributed by atoms with Crippen LogP contribution in [-0.4, -0.2) is 28.5 Å². The number of para-hydroxylation sites is 2. The van der Waals surface area contributed by atoms with E-state index >= 15 is 0 Å². The maximum Gasteiger partial charge on any atom is 0.242 e. The molecule has 1 heterocycles. The molecule has 0 aliphatic carbocycles. The minimum Gasteiger partial charge on any atom is -0.341 e. The van der Waals surface area contributed by atoms with Gasteiger partial charge in [-0.05, 0) is 36.6 Å². The minimum atomic E-state index is -0.00190. The van der Waals surface area contributed by atoms with Crippen molar-refractivity contribution in [3.05, 3.63) is 58.8 Å². The second-order valence-corrected chi connectivity index (χ2v) is 8.00. The van der Waals surface area contributed by atoms with Crippen LogP contribution in [-0.2, 0) is 11.3 Å². The molecule has 4 heteroatoms. The van der Waals surface area contributed by atoms with E-state index in [-0.39, 0.29) is 29.3 Å². The summed E-state index contributed by atoms with van der Waals surface area (Å²) in [4.78, 5) is 27.6. The molecule has 0 radical (unpaired) electrons. The van der Waals surface area contributed by atoms with E-state index in [0.29, 0.717) is 10.8 Å². The van der Waals surface area contributed by atoms with E-state index in [1.807, 2.05) is 65.0 Å². The maximum atomic E-state index is 13.0. The number of aromatic nitrogens is 1. The average Bonchev–Trinajstić information content (AvgIpc) is 2.63. The molecule has 1 atom stereocenters. The highest BCUT2D eigenvalue weighted by Crippen LogP contribution is 2.24. The second-order valence-electron chi connectivity index (χ2n) is 8.00. The second kappa shape index (κ2) is 6.60. The SMILES string of the molecule is C[C@H](N(C)C(=O)Cn1c2ccccc2c(=O)c2ccccc21)C(C)(C)C. The first-order chi connectivity index (χ1) is 12.2. The predicted octanol–water partition coefficient (Wildman–Crippen LogP) is 4.05. The molecule has 3 aromatic rings. The van der Waals surface area contributed by atoms with Crippen molar-refractivity contribution in [1.82, 2.24) is 9.47 Å². The van der Waals surface area contributed by atoms with Crippen LogP contribution in [0.5, 0.6) is 0 Å². The number of carbonyl (C=O) groups excluding carboxylic acids is 1. The first-order valence-electron chi connectivity index (χ1n) is 8.97. The van der Waals surface area contributed by atoms with Crippen LogP contribution in [0.4, 0.5) is 0 Å². The Morgan fingerprint density at radius 1 is 1.00 bits per heavy atom. The van der Waals surface area contributed by atoms with Crippen LogP contribution in [0.3, 0.4) is 0 Å². The van der Waals surface area contributed by atoms with E-state index in [4.69, 9.17) is 0 Å². The van der Waals surface area contributed by atoms with Crippen molar-refractivity contribution in [3.63, 3.8) is 0 Å². The van der Waals surface area contributed by atoms with Gasteiger partial charge in [0, 0.05) is 23.9 Å². The van der Waals surface area contributed by atoms with Gasteiger partial charge in [0.05, 0.1) is 11.0 Å². The molecule has 0 saturated carbocycles. The summed E-state index contributed by atoms with van der Waals surface area (Å²) < 4.78 is 1.96. The summed E-state index contributed by atoms with van der Waals surface area (Å²) in [7, 11) is 1.85. The Bertz CT molecular complexity index is 968. The van der Waals surface area contributed by atoms with Crippen LogP contribution >= 0.6 is 0 Å². The van der Waals surface area contributed by atoms with E-state index in [2.05, 4.69) is 27.7 Å². The van der Waals surface area contributed by atoms with Gasteiger partial charge in [0.15, 0.2) is 5.43 Å². The molecule has 0 aliphatic heterocycles.